The lowest BCUT2D eigenvalue weighted by atomic mass is 10.2. The third-order valence-corrected chi connectivity index (χ3v) is 4.07. The van der Waals surface area contributed by atoms with E-state index in [2.05, 4.69) is 10.6 Å². The van der Waals surface area contributed by atoms with Crippen LogP contribution in [0.1, 0.15) is 22.3 Å². The van der Waals surface area contributed by atoms with Crippen LogP contribution in [0, 0.1) is 0 Å². The molecule has 0 aliphatic carbocycles. The molecular weight excluding hydrogens is 371 g/mol. The Hall–Kier alpha value is -1.75. The summed E-state index contributed by atoms with van der Waals surface area (Å²) in [6.07, 6.45) is 0.171. The Morgan fingerprint density at radius 2 is 1.54 bits per heavy atom. The van der Waals surface area contributed by atoms with E-state index in [0.717, 1.165) is 5.56 Å². The summed E-state index contributed by atoms with van der Waals surface area (Å²) in [6, 6.07) is 11.6. The van der Waals surface area contributed by atoms with Crippen LogP contribution < -0.4 is 10.6 Å². The van der Waals surface area contributed by atoms with Gasteiger partial charge in [0.25, 0.3) is 5.91 Å². The van der Waals surface area contributed by atoms with E-state index in [1.54, 1.807) is 42.5 Å². The van der Waals surface area contributed by atoms with Crippen LogP contribution in [0.4, 0.5) is 0 Å². The first-order valence-electron chi connectivity index (χ1n) is 7.20. The van der Waals surface area contributed by atoms with E-state index in [1.165, 1.54) is 0 Å². The molecule has 0 atom stereocenters. The quantitative estimate of drug-likeness (QED) is 0.787. The molecule has 0 heterocycles. The van der Waals surface area contributed by atoms with Crippen LogP contribution in [0.15, 0.2) is 42.5 Å². The SMILES string of the molecule is O=C(CCNC(=O)c1ccc(Cl)cc1)NCc1ccc(Cl)cc1Cl. The van der Waals surface area contributed by atoms with Gasteiger partial charge in [0.1, 0.15) is 0 Å². The minimum absolute atomic E-state index is 0.171. The number of nitrogens with one attached hydrogen (secondary N) is 2. The zero-order valence-corrected chi connectivity index (χ0v) is 14.9. The summed E-state index contributed by atoms with van der Waals surface area (Å²) >= 11 is 17.6. The third kappa shape index (κ3) is 5.71. The van der Waals surface area contributed by atoms with E-state index in [1.807, 2.05) is 0 Å². The molecule has 0 aliphatic heterocycles. The first kappa shape index (κ1) is 18.6. The molecule has 0 bridgehead atoms. The van der Waals surface area contributed by atoms with Crippen molar-refractivity contribution < 1.29 is 9.59 Å². The Bertz CT molecular complexity index is 733. The molecule has 126 valence electrons. The smallest absolute Gasteiger partial charge is 0.251 e. The first-order valence-corrected chi connectivity index (χ1v) is 8.33. The summed E-state index contributed by atoms with van der Waals surface area (Å²) in [6.45, 7) is 0.543. The monoisotopic (exact) mass is 384 g/mol. The molecule has 0 aromatic heterocycles. The van der Waals surface area contributed by atoms with Crippen LogP contribution >= 0.6 is 34.8 Å². The number of amides is 2. The Morgan fingerprint density at radius 1 is 0.875 bits per heavy atom. The highest BCUT2D eigenvalue weighted by atomic mass is 35.5. The molecule has 0 unspecified atom stereocenters. The van der Waals surface area contributed by atoms with Gasteiger partial charge in [-0.25, -0.2) is 0 Å². The summed E-state index contributed by atoms with van der Waals surface area (Å²) in [5.74, 6) is -0.433. The number of carbonyl (C=O) groups excluding carboxylic acids is 2. The molecule has 2 aromatic rings. The summed E-state index contributed by atoms with van der Waals surface area (Å²) in [7, 11) is 0. The Morgan fingerprint density at radius 3 is 2.21 bits per heavy atom. The van der Waals surface area contributed by atoms with E-state index < -0.39 is 0 Å². The van der Waals surface area contributed by atoms with Crippen molar-refractivity contribution in [2.45, 2.75) is 13.0 Å². The lowest BCUT2D eigenvalue weighted by molar-refractivity contribution is -0.121. The zero-order chi connectivity index (χ0) is 17.5. The number of rotatable bonds is 6. The standard InChI is InChI=1S/C17H15Cl3N2O2/c18-13-4-1-11(2-5-13)17(24)21-8-7-16(23)22-10-12-3-6-14(19)9-15(12)20/h1-6,9H,7-8,10H2,(H,21,24)(H,22,23). The highest BCUT2D eigenvalue weighted by Gasteiger charge is 2.07. The third-order valence-electron chi connectivity index (χ3n) is 3.24. The largest absolute Gasteiger partial charge is 0.352 e. The van der Waals surface area contributed by atoms with Crippen LogP contribution in [0.25, 0.3) is 0 Å². The van der Waals surface area contributed by atoms with Gasteiger partial charge in [0, 0.05) is 40.1 Å². The van der Waals surface area contributed by atoms with E-state index in [9.17, 15) is 9.59 Å². The van der Waals surface area contributed by atoms with Crippen molar-refractivity contribution in [3.63, 3.8) is 0 Å². The van der Waals surface area contributed by atoms with E-state index in [-0.39, 0.29) is 24.8 Å². The van der Waals surface area contributed by atoms with Gasteiger partial charge in [0.15, 0.2) is 0 Å². The lowest BCUT2D eigenvalue weighted by Gasteiger charge is -2.08. The maximum absolute atomic E-state index is 11.9. The maximum atomic E-state index is 11.9. The fraction of sp³-hybridized carbons (Fsp3) is 0.176. The van der Waals surface area contributed by atoms with Crippen LogP contribution in [0.3, 0.4) is 0 Å². The van der Waals surface area contributed by atoms with Crippen LogP contribution in [0.5, 0.6) is 0 Å². The minimum atomic E-state index is -0.250. The van der Waals surface area contributed by atoms with E-state index in [0.29, 0.717) is 27.2 Å². The summed E-state index contributed by atoms with van der Waals surface area (Å²) in [5.41, 5.74) is 1.27. The Labute approximate surface area is 155 Å². The molecule has 2 aromatic carbocycles. The van der Waals surface area contributed by atoms with Crippen LogP contribution in [0.2, 0.25) is 15.1 Å². The van der Waals surface area contributed by atoms with Gasteiger partial charge >= 0.3 is 0 Å². The van der Waals surface area contributed by atoms with Crippen molar-refractivity contribution >= 4 is 46.6 Å². The molecule has 2 amide bonds. The topological polar surface area (TPSA) is 58.2 Å². The number of halogens is 3. The zero-order valence-electron chi connectivity index (χ0n) is 12.6. The summed E-state index contributed by atoms with van der Waals surface area (Å²) in [5, 5.41) is 7.03. The van der Waals surface area contributed by atoms with Crippen molar-refractivity contribution in [1.82, 2.24) is 10.6 Å². The fourth-order valence-electron chi connectivity index (χ4n) is 1.94. The highest BCUT2D eigenvalue weighted by Crippen LogP contribution is 2.20. The fourth-order valence-corrected chi connectivity index (χ4v) is 2.54. The van der Waals surface area contributed by atoms with E-state index >= 15 is 0 Å². The number of benzene rings is 2. The molecule has 2 N–H and O–H groups in total. The van der Waals surface area contributed by atoms with Gasteiger partial charge in [-0.15, -0.1) is 0 Å². The van der Waals surface area contributed by atoms with Crippen LogP contribution in [-0.4, -0.2) is 18.4 Å². The summed E-state index contributed by atoms with van der Waals surface area (Å²) < 4.78 is 0. The number of hydrogen-bond donors (Lipinski definition) is 2. The molecule has 0 spiro atoms. The van der Waals surface area contributed by atoms with Crippen molar-refractivity contribution in [3.05, 3.63) is 68.7 Å². The van der Waals surface area contributed by atoms with Crippen molar-refractivity contribution in [2.24, 2.45) is 0 Å². The molecule has 2 rings (SSSR count). The van der Waals surface area contributed by atoms with Gasteiger partial charge in [-0.1, -0.05) is 40.9 Å². The van der Waals surface area contributed by atoms with E-state index in [4.69, 9.17) is 34.8 Å². The molecule has 4 nitrogen and oxygen atoms in total. The van der Waals surface area contributed by atoms with Crippen LogP contribution in [-0.2, 0) is 11.3 Å². The van der Waals surface area contributed by atoms with Gasteiger partial charge in [-0.2, -0.15) is 0 Å². The number of hydrogen-bond acceptors (Lipinski definition) is 2. The van der Waals surface area contributed by atoms with Gasteiger partial charge in [-0.05, 0) is 42.0 Å². The summed E-state index contributed by atoms with van der Waals surface area (Å²) in [4.78, 5) is 23.7. The van der Waals surface area contributed by atoms with Gasteiger partial charge < -0.3 is 10.6 Å². The molecule has 0 aliphatic rings. The maximum Gasteiger partial charge on any atom is 0.251 e. The second kappa shape index (κ2) is 8.92. The average Bonchev–Trinajstić information content (AvgIpc) is 2.54. The Balaban J connectivity index is 1.73. The lowest BCUT2D eigenvalue weighted by Crippen LogP contribution is -2.30. The van der Waals surface area contributed by atoms with Crippen molar-refractivity contribution in [2.75, 3.05) is 6.54 Å². The van der Waals surface area contributed by atoms with Gasteiger partial charge in [0.05, 0.1) is 0 Å². The molecule has 0 fully saturated rings. The van der Waals surface area contributed by atoms with Gasteiger partial charge in [-0.3, -0.25) is 9.59 Å². The molecule has 0 saturated heterocycles. The molecule has 0 saturated carbocycles. The predicted octanol–water partition coefficient (Wildman–Crippen LogP) is 4.08. The second-order valence-electron chi connectivity index (χ2n) is 5.03. The molecular formula is C17H15Cl3N2O2. The normalized spacial score (nSPS) is 10.3. The number of carbonyl (C=O) groups is 2. The predicted molar refractivity (Wildman–Crippen MR) is 96.7 cm³/mol. The van der Waals surface area contributed by atoms with Crippen molar-refractivity contribution in [1.29, 1.82) is 0 Å². The minimum Gasteiger partial charge on any atom is -0.352 e. The average molecular weight is 386 g/mol. The molecule has 24 heavy (non-hydrogen) atoms. The van der Waals surface area contributed by atoms with Gasteiger partial charge in [0.2, 0.25) is 5.91 Å². The first-order chi connectivity index (χ1) is 11.5. The Kier molecular flexibility index (Phi) is 6.91. The molecule has 0 radical (unpaired) electrons. The highest BCUT2D eigenvalue weighted by molar-refractivity contribution is 6.35. The molecule has 7 heteroatoms. The van der Waals surface area contributed by atoms with Crippen molar-refractivity contribution in [3.8, 4) is 0 Å². The second-order valence-corrected chi connectivity index (χ2v) is 6.31.